The number of hydrogen-bond donors (Lipinski definition) is 0. The van der Waals surface area contributed by atoms with Crippen LogP contribution in [0.1, 0.15) is 75.8 Å². The van der Waals surface area contributed by atoms with Crippen LogP contribution in [0.3, 0.4) is 0 Å². The van der Waals surface area contributed by atoms with Crippen LogP contribution in [0.2, 0.25) is 0 Å². The van der Waals surface area contributed by atoms with Crippen molar-refractivity contribution in [3.05, 3.63) is 59.7 Å². The van der Waals surface area contributed by atoms with Crippen LogP contribution in [0.25, 0.3) is 22.8 Å². The molecule has 0 N–H and O–H groups in total. The maximum atomic E-state index is 12.9. The molecule has 0 unspecified atom stereocenters. The Labute approximate surface area is 236 Å². The summed E-state index contributed by atoms with van der Waals surface area (Å²) in [5.74, 6) is 0.725. The summed E-state index contributed by atoms with van der Waals surface area (Å²) in [5, 5.41) is 4.21. The third-order valence-corrected chi connectivity index (χ3v) is 8.18. The van der Waals surface area contributed by atoms with Gasteiger partial charge in [0.15, 0.2) is 5.41 Å². The van der Waals surface area contributed by atoms with Crippen LogP contribution in [0.15, 0.2) is 53.1 Å². The van der Waals surface area contributed by atoms with Gasteiger partial charge in [0.1, 0.15) is 0 Å². The fourth-order valence-electron chi connectivity index (χ4n) is 6.04. The van der Waals surface area contributed by atoms with Crippen molar-refractivity contribution < 1.29 is 23.6 Å². The monoisotopic (exact) mass is 545 g/mol. The zero-order chi connectivity index (χ0) is 28.0. The maximum Gasteiger partial charge on any atom is 0.324 e. The van der Waals surface area contributed by atoms with Gasteiger partial charge in [-0.3, -0.25) is 14.5 Å². The zero-order valence-electron chi connectivity index (χ0n) is 23.6. The van der Waals surface area contributed by atoms with Crippen molar-refractivity contribution >= 4 is 11.9 Å². The molecule has 0 spiro atoms. The predicted octanol–water partition coefficient (Wildman–Crippen LogP) is 6.16. The van der Waals surface area contributed by atoms with Gasteiger partial charge in [0.2, 0.25) is 5.82 Å². The number of hydrogen-bond acceptors (Lipinski definition) is 8. The number of benzene rings is 2. The van der Waals surface area contributed by atoms with Gasteiger partial charge in [-0.15, -0.1) is 0 Å². The van der Waals surface area contributed by atoms with Crippen molar-refractivity contribution in [3.8, 4) is 22.8 Å². The van der Waals surface area contributed by atoms with E-state index in [0.717, 1.165) is 23.2 Å². The molecule has 212 valence electrons. The van der Waals surface area contributed by atoms with E-state index in [-0.39, 0.29) is 19.8 Å². The minimum Gasteiger partial charge on any atom is -0.465 e. The Morgan fingerprint density at radius 2 is 1.55 bits per heavy atom. The minimum absolute atomic E-state index is 0.227. The SMILES string of the molecule is CCOC(=O)C1(C(=O)OCC)CCCN(Cc2ccc(-c3noc(-c4ccc(C5CCCCC5)cc4)n3)cc2)C1. The number of esters is 2. The standard InChI is InChI=1S/C32H39N3O5/c1-3-38-30(36)32(31(37)39-4-2)19-8-20-35(22-32)21-23-11-13-26(14-12-23)28-33-29(40-34-28)27-17-15-25(16-18-27)24-9-6-5-7-10-24/h11-18,24H,3-10,19-22H2,1-2H3. The topological polar surface area (TPSA) is 94.8 Å². The second-order valence-corrected chi connectivity index (χ2v) is 10.9. The zero-order valence-corrected chi connectivity index (χ0v) is 23.6. The second kappa shape index (κ2) is 12.8. The van der Waals surface area contributed by atoms with E-state index in [9.17, 15) is 9.59 Å². The summed E-state index contributed by atoms with van der Waals surface area (Å²) in [4.78, 5) is 32.5. The Balaban J connectivity index is 1.24. The molecule has 0 bridgehead atoms. The van der Waals surface area contributed by atoms with Crippen LogP contribution in [0, 0.1) is 5.41 Å². The Bertz CT molecular complexity index is 1260. The second-order valence-electron chi connectivity index (χ2n) is 10.9. The molecule has 2 fully saturated rings. The molecular formula is C32H39N3O5. The molecule has 1 saturated carbocycles. The van der Waals surface area contributed by atoms with Crippen LogP contribution in [0.5, 0.6) is 0 Å². The summed E-state index contributed by atoms with van der Waals surface area (Å²) in [5.41, 5.74) is 2.97. The van der Waals surface area contributed by atoms with E-state index in [1.54, 1.807) is 13.8 Å². The number of nitrogens with zero attached hydrogens (tertiary/aromatic N) is 3. The van der Waals surface area contributed by atoms with E-state index in [4.69, 9.17) is 14.0 Å². The molecule has 2 aromatic carbocycles. The van der Waals surface area contributed by atoms with Crippen molar-refractivity contribution in [1.82, 2.24) is 15.0 Å². The van der Waals surface area contributed by atoms with E-state index in [1.807, 2.05) is 24.3 Å². The number of carbonyl (C=O) groups excluding carboxylic acids is 2. The normalized spacial score (nSPS) is 17.9. The van der Waals surface area contributed by atoms with Gasteiger partial charge >= 0.3 is 11.9 Å². The number of piperidine rings is 1. The lowest BCUT2D eigenvalue weighted by Crippen LogP contribution is -2.53. The first-order valence-electron chi connectivity index (χ1n) is 14.6. The van der Waals surface area contributed by atoms with Gasteiger partial charge in [-0.2, -0.15) is 4.98 Å². The van der Waals surface area contributed by atoms with Crippen LogP contribution in [-0.4, -0.2) is 53.3 Å². The lowest BCUT2D eigenvalue weighted by atomic mass is 9.79. The smallest absolute Gasteiger partial charge is 0.324 e. The first-order chi connectivity index (χ1) is 19.5. The molecule has 8 nitrogen and oxygen atoms in total. The highest BCUT2D eigenvalue weighted by Gasteiger charge is 2.51. The molecule has 5 rings (SSSR count). The van der Waals surface area contributed by atoms with Crippen molar-refractivity contribution in [2.45, 2.75) is 71.3 Å². The van der Waals surface area contributed by atoms with Crippen molar-refractivity contribution in [1.29, 1.82) is 0 Å². The average molecular weight is 546 g/mol. The number of aromatic nitrogens is 2. The summed E-state index contributed by atoms with van der Waals surface area (Å²) in [6.45, 7) is 5.62. The number of rotatable bonds is 9. The molecule has 3 aromatic rings. The summed E-state index contributed by atoms with van der Waals surface area (Å²) < 4.78 is 16.2. The quantitative estimate of drug-likeness (QED) is 0.233. The summed E-state index contributed by atoms with van der Waals surface area (Å²) in [7, 11) is 0. The first kappa shape index (κ1) is 28.0. The molecule has 1 aliphatic heterocycles. The highest BCUT2D eigenvalue weighted by molar-refractivity contribution is 6.00. The Kier molecular flexibility index (Phi) is 8.94. The van der Waals surface area contributed by atoms with Crippen molar-refractivity contribution in [3.63, 3.8) is 0 Å². The molecule has 0 amide bonds. The summed E-state index contributed by atoms with van der Waals surface area (Å²) in [6.07, 6.45) is 7.68. The third kappa shape index (κ3) is 6.12. The maximum absolute atomic E-state index is 12.9. The van der Waals surface area contributed by atoms with E-state index >= 15 is 0 Å². The number of likely N-dealkylation sites (tertiary alicyclic amines) is 1. The molecule has 1 saturated heterocycles. The fourth-order valence-corrected chi connectivity index (χ4v) is 6.04. The van der Waals surface area contributed by atoms with Gasteiger partial charge in [0, 0.05) is 24.2 Å². The van der Waals surface area contributed by atoms with Crippen LogP contribution in [0.4, 0.5) is 0 Å². The molecular weight excluding hydrogens is 506 g/mol. The van der Waals surface area contributed by atoms with Crippen LogP contribution < -0.4 is 0 Å². The van der Waals surface area contributed by atoms with Crippen LogP contribution >= 0.6 is 0 Å². The van der Waals surface area contributed by atoms with Crippen molar-refractivity contribution in [2.75, 3.05) is 26.3 Å². The van der Waals surface area contributed by atoms with Gasteiger partial charge in [0.25, 0.3) is 5.89 Å². The van der Waals surface area contributed by atoms with Gasteiger partial charge in [0.05, 0.1) is 13.2 Å². The minimum atomic E-state index is -1.28. The molecule has 2 heterocycles. The largest absolute Gasteiger partial charge is 0.465 e. The average Bonchev–Trinajstić information content (AvgIpc) is 3.49. The van der Waals surface area contributed by atoms with E-state index in [0.29, 0.717) is 37.0 Å². The Morgan fingerprint density at radius 3 is 2.20 bits per heavy atom. The lowest BCUT2D eigenvalue weighted by Gasteiger charge is -2.39. The predicted molar refractivity (Wildman–Crippen MR) is 151 cm³/mol. The molecule has 40 heavy (non-hydrogen) atoms. The third-order valence-electron chi connectivity index (χ3n) is 8.18. The van der Waals surface area contributed by atoms with Crippen LogP contribution in [-0.2, 0) is 25.6 Å². The molecule has 0 radical (unpaired) electrons. The molecule has 8 heteroatoms. The van der Waals surface area contributed by atoms with E-state index in [1.165, 1.54) is 37.7 Å². The highest BCUT2D eigenvalue weighted by Crippen LogP contribution is 2.35. The summed E-state index contributed by atoms with van der Waals surface area (Å²) in [6, 6.07) is 16.6. The van der Waals surface area contributed by atoms with E-state index in [2.05, 4.69) is 39.3 Å². The highest BCUT2D eigenvalue weighted by atomic mass is 16.6. The molecule has 1 aliphatic carbocycles. The van der Waals surface area contributed by atoms with Gasteiger partial charge in [-0.05, 0) is 75.3 Å². The lowest BCUT2D eigenvalue weighted by molar-refractivity contribution is -0.176. The molecule has 0 atom stereocenters. The fraction of sp³-hybridized carbons (Fsp3) is 0.500. The summed E-state index contributed by atoms with van der Waals surface area (Å²) >= 11 is 0. The first-order valence-corrected chi connectivity index (χ1v) is 14.6. The Morgan fingerprint density at radius 1 is 0.900 bits per heavy atom. The van der Waals surface area contributed by atoms with Crippen molar-refractivity contribution in [2.24, 2.45) is 5.41 Å². The number of ether oxygens (including phenoxy) is 2. The van der Waals surface area contributed by atoms with E-state index < -0.39 is 17.4 Å². The number of carbonyl (C=O) groups is 2. The van der Waals surface area contributed by atoms with Gasteiger partial charge < -0.3 is 14.0 Å². The molecule has 1 aromatic heterocycles. The molecule has 2 aliphatic rings. The Hall–Kier alpha value is -3.52. The van der Waals surface area contributed by atoms with Gasteiger partial charge in [-0.1, -0.05) is 60.8 Å². The van der Waals surface area contributed by atoms with Gasteiger partial charge in [-0.25, -0.2) is 0 Å².